The number of amides is 1. The number of nitrogens with zero attached hydrogens (tertiary/aromatic N) is 4. The number of thiazole rings is 1. The maximum atomic E-state index is 12.8. The number of halogens is 1. The molecular formula is C20H22ClN5O2S. The Labute approximate surface area is 177 Å². The van der Waals surface area contributed by atoms with Crippen LogP contribution in [-0.2, 0) is 17.8 Å². The minimum atomic E-state index is -0.219. The number of piperidine rings is 1. The van der Waals surface area contributed by atoms with E-state index in [1.807, 2.05) is 24.3 Å². The predicted octanol–water partition coefficient (Wildman–Crippen LogP) is 2.86. The van der Waals surface area contributed by atoms with Gasteiger partial charge in [0.1, 0.15) is 17.6 Å². The lowest BCUT2D eigenvalue weighted by molar-refractivity contribution is -0.121. The number of hydrogen-bond acceptors (Lipinski definition) is 6. The van der Waals surface area contributed by atoms with E-state index < -0.39 is 0 Å². The highest BCUT2D eigenvalue weighted by molar-refractivity contribution is 7.22. The summed E-state index contributed by atoms with van der Waals surface area (Å²) in [6.45, 7) is 2.36. The van der Waals surface area contributed by atoms with Gasteiger partial charge in [0.25, 0.3) is 5.56 Å². The highest BCUT2D eigenvalue weighted by Crippen LogP contribution is 2.27. The van der Waals surface area contributed by atoms with Gasteiger partial charge in [0.2, 0.25) is 5.91 Å². The molecule has 1 N–H and O–H groups in total. The third kappa shape index (κ3) is 4.76. The molecule has 9 heteroatoms. The van der Waals surface area contributed by atoms with Crippen LogP contribution in [0, 0.1) is 0 Å². The Morgan fingerprint density at radius 1 is 1.17 bits per heavy atom. The van der Waals surface area contributed by atoms with Gasteiger partial charge in [-0.1, -0.05) is 35.1 Å². The highest BCUT2D eigenvalue weighted by Gasteiger charge is 2.18. The number of carbonyl (C=O) groups is 1. The molecule has 152 valence electrons. The van der Waals surface area contributed by atoms with Crippen LogP contribution in [0.4, 0.5) is 5.13 Å². The third-order valence-electron chi connectivity index (χ3n) is 4.96. The zero-order valence-electron chi connectivity index (χ0n) is 15.9. The number of carbonyl (C=O) groups excluding carboxylic acids is 1. The van der Waals surface area contributed by atoms with E-state index >= 15 is 0 Å². The van der Waals surface area contributed by atoms with Crippen LogP contribution in [0.1, 0.15) is 24.8 Å². The second-order valence-corrected chi connectivity index (χ2v) is 8.51. The summed E-state index contributed by atoms with van der Waals surface area (Å²) < 4.78 is 1.85. The van der Waals surface area contributed by atoms with Crippen molar-refractivity contribution in [2.75, 3.05) is 24.5 Å². The predicted molar refractivity (Wildman–Crippen MR) is 116 cm³/mol. The van der Waals surface area contributed by atoms with Gasteiger partial charge in [-0.25, -0.2) is 4.98 Å². The Bertz CT molecular complexity index is 1060. The fourth-order valence-electron chi connectivity index (χ4n) is 3.38. The highest BCUT2D eigenvalue weighted by atomic mass is 35.5. The molecule has 3 heterocycles. The number of aromatic nitrogens is 3. The summed E-state index contributed by atoms with van der Waals surface area (Å²) in [4.78, 5) is 36.0. The maximum absolute atomic E-state index is 12.8. The Morgan fingerprint density at radius 3 is 2.69 bits per heavy atom. The van der Waals surface area contributed by atoms with Crippen molar-refractivity contribution in [2.24, 2.45) is 0 Å². The largest absolute Gasteiger partial charge is 0.354 e. The van der Waals surface area contributed by atoms with Gasteiger partial charge >= 0.3 is 0 Å². The molecule has 1 fully saturated rings. The molecule has 3 aromatic rings. The van der Waals surface area contributed by atoms with Crippen molar-refractivity contribution < 1.29 is 4.79 Å². The molecule has 0 saturated carbocycles. The van der Waals surface area contributed by atoms with E-state index in [0.29, 0.717) is 28.3 Å². The summed E-state index contributed by atoms with van der Waals surface area (Å²) in [6, 6.07) is 7.51. The van der Waals surface area contributed by atoms with Crippen LogP contribution in [-0.4, -0.2) is 40.1 Å². The minimum absolute atomic E-state index is 0.0562. The van der Waals surface area contributed by atoms with Gasteiger partial charge in [0, 0.05) is 24.7 Å². The summed E-state index contributed by atoms with van der Waals surface area (Å²) in [7, 11) is 0. The van der Waals surface area contributed by atoms with Crippen molar-refractivity contribution in [1.82, 2.24) is 19.9 Å². The van der Waals surface area contributed by atoms with Gasteiger partial charge in [0.15, 0.2) is 10.8 Å². The average Bonchev–Trinajstić information content (AvgIpc) is 3.18. The molecule has 0 aliphatic carbocycles. The molecule has 1 aromatic carbocycles. The number of nitrogens with one attached hydrogen (secondary N) is 1. The summed E-state index contributed by atoms with van der Waals surface area (Å²) in [5, 5.41) is 4.38. The number of anilines is 1. The lowest BCUT2D eigenvalue weighted by Gasteiger charge is -2.25. The number of rotatable bonds is 6. The first kappa shape index (κ1) is 19.8. The van der Waals surface area contributed by atoms with Crippen molar-refractivity contribution >= 4 is 44.3 Å². The van der Waals surface area contributed by atoms with E-state index in [9.17, 15) is 9.59 Å². The maximum Gasteiger partial charge on any atom is 0.273 e. The molecule has 7 nitrogen and oxygen atoms in total. The Morgan fingerprint density at radius 2 is 1.93 bits per heavy atom. The smallest absolute Gasteiger partial charge is 0.273 e. The quantitative estimate of drug-likeness (QED) is 0.649. The van der Waals surface area contributed by atoms with Crippen LogP contribution >= 0.6 is 22.9 Å². The van der Waals surface area contributed by atoms with Gasteiger partial charge in [-0.15, -0.1) is 0 Å². The van der Waals surface area contributed by atoms with E-state index in [1.165, 1.54) is 28.7 Å². The van der Waals surface area contributed by atoms with E-state index in [4.69, 9.17) is 11.6 Å². The van der Waals surface area contributed by atoms with E-state index in [0.717, 1.165) is 36.6 Å². The van der Waals surface area contributed by atoms with Gasteiger partial charge < -0.3 is 10.2 Å². The molecular weight excluding hydrogens is 410 g/mol. The van der Waals surface area contributed by atoms with Crippen LogP contribution in [0.2, 0.25) is 5.02 Å². The van der Waals surface area contributed by atoms with Crippen molar-refractivity contribution in [3.8, 4) is 0 Å². The fourth-order valence-corrected chi connectivity index (χ4v) is 4.52. The molecule has 0 unspecified atom stereocenters. The second kappa shape index (κ2) is 8.92. The Balaban J connectivity index is 1.39. The lowest BCUT2D eigenvalue weighted by Crippen LogP contribution is -2.33. The molecule has 0 bridgehead atoms. The van der Waals surface area contributed by atoms with E-state index in [1.54, 1.807) is 0 Å². The molecule has 29 heavy (non-hydrogen) atoms. The molecule has 0 atom stereocenters. The number of hydrogen-bond donors (Lipinski definition) is 1. The first-order valence-corrected chi connectivity index (χ1v) is 10.9. The van der Waals surface area contributed by atoms with Crippen molar-refractivity contribution in [2.45, 2.75) is 32.2 Å². The molecule has 1 aliphatic heterocycles. The Kier molecular flexibility index (Phi) is 6.10. The first-order valence-electron chi connectivity index (χ1n) is 9.72. The van der Waals surface area contributed by atoms with Gasteiger partial charge in [-0.05, 0) is 43.4 Å². The van der Waals surface area contributed by atoms with Crippen LogP contribution in [0.15, 0.2) is 35.4 Å². The Hall–Kier alpha value is -2.45. The molecule has 1 saturated heterocycles. The summed E-state index contributed by atoms with van der Waals surface area (Å²) in [5.74, 6) is -0.219. The molecule has 4 rings (SSSR count). The molecule has 0 spiro atoms. The van der Waals surface area contributed by atoms with Gasteiger partial charge in [0.05, 0.1) is 0 Å². The normalized spacial score (nSPS) is 14.3. The monoisotopic (exact) mass is 431 g/mol. The molecule has 2 aromatic heterocycles. The van der Waals surface area contributed by atoms with Crippen LogP contribution < -0.4 is 15.8 Å². The minimum Gasteiger partial charge on any atom is -0.354 e. The van der Waals surface area contributed by atoms with Crippen LogP contribution in [0.5, 0.6) is 0 Å². The zero-order valence-corrected chi connectivity index (χ0v) is 17.5. The first-order chi connectivity index (χ1) is 14.1. The lowest BCUT2D eigenvalue weighted by atomic mass is 10.1. The van der Waals surface area contributed by atoms with E-state index in [-0.39, 0.29) is 18.0 Å². The van der Waals surface area contributed by atoms with Crippen LogP contribution in [0.3, 0.4) is 0 Å². The topological polar surface area (TPSA) is 80.1 Å². The third-order valence-corrected chi connectivity index (χ3v) is 6.31. The average molecular weight is 432 g/mol. The van der Waals surface area contributed by atoms with Crippen LogP contribution in [0.25, 0.3) is 10.3 Å². The standard InChI is InChI=1S/C20H22ClN5O2S/c21-15-6-4-14(5-7-15)8-9-22-16(27)12-26-13-23-18-17(19(26)28)29-20(24-18)25-10-2-1-3-11-25/h4-7,13H,1-3,8-12H2,(H,22,27). The van der Waals surface area contributed by atoms with Crippen molar-refractivity contribution in [1.29, 1.82) is 0 Å². The van der Waals surface area contributed by atoms with Crippen molar-refractivity contribution in [3.63, 3.8) is 0 Å². The molecule has 1 aliphatic rings. The van der Waals surface area contributed by atoms with Gasteiger partial charge in [-0.3, -0.25) is 14.2 Å². The van der Waals surface area contributed by atoms with E-state index in [2.05, 4.69) is 20.2 Å². The summed E-state index contributed by atoms with van der Waals surface area (Å²) >= 11 is 7.24. The zero-order chi connectivity index (χ0) is 20.2. The number of benzene rings is 1. The fraction of sp³-hybridized carbons (Fsp3) is 0.400. The molecule has 0 radical (unpaired) electrons. The van der Waals surface area contributed by atoms with Crippen molar-refractivity contribution in [3.05, 3.63) is 51.5 Å². The number of fused-ring (bicyclic) bond motifs is 1. The van der Waals surface area contributed by atoms with Gasteiger partial charge in [-0.2, -0.15) is 4.98 Å². The molecule has 1 amide bonds. The summed E-state index contributed by atoms with van der Waals surface area (Å²) in [6.07, 6.45) is 5.62. The second-order valence-electron chi connectivity index (χ2n) is 7.10. The SMILES string of the molecule is O=C(Cn1cnc2nc(N3CCCCC3)sc2c1=O)NCCc1ccc(Cl)cc1. The summed E-state index contributed by atoms with van der Waals surface area (Å²) in [5.41, 5.74) is 1.33.